The fourth-order valence-electron chi connectivity index (χ4n) is 2.22. The Hall–Kier alpha value is -0.650. The monoisotopic (exact) mass is 273 g/mol. The SMILES string of the molecule is CN1CCSCC1C(O)Cc1cc(F)cc(F)c1. The van der Waals surface area contributed by atoms with E-state index in [9.17, 15) is 13.9 Å². The van der Waals surface area contributed by atoms with E-state index in [1.807, 2.05) is 7.05 Å². The largest absolute Gasteiger partial charge is 0.391 e. The molecule has 2 rings (SSSR count). The molecule has 1 fully saturated rings. The van der Waals surface area contributed by atoms with Crippen LogP contribution in [0.15, 0.2) is 18.2 Å². The van der Waals surface area contributed by atoms with Gasteiger partial charge in [0, 0.05) is 36.6 Å². The van der Waals surface area contributed by atoms with Crippen molar-refractivity contribution in [3.63, 3.8) is 0 Å². The fraction of sp³-hybridized carbons (Fsp3) is 0.538. The van der Waals surface area contributed by atoms with Crippen LogP contribution in [0, 0.1) is 11.6 Å². The summed E-state index contributed by atoms with van der Waals surface area (Å²) in [5.74, 6) is 0.733. The molecule has 0 saturated carbocycles. The van der Waals surface area contributed by atoms with Crippen molar-refractivity contribution < 1.29 is 13.9 Å². The third-order valence-electron chi connectivity index (χ3n) is 3.25. The highest BCUT2D eigenvalue weighted by molar-refractivity contribution is 7.99. The quantitative estimate of drug-likeness (QED) is 0.910. The first kappa shape index (κ1) is 13.8. The van der Waals surface area contributed by atoms with Crippen molar-refractivity contribution in [2.24, 2.45) is 0 Å². The highest BCUT2D eigenvalue weighted by Crippen LogP contribution is 2.20. The van der Waals surface area contributed by atoms with E-state index >= 15 is 0 Å². The van der Waals surface area contributed by atoms with Crippen LogP contribution in [0.5, 0.6) is 0 Å². The Morgan fingerprint density at radius 3 is 2.67 bits per heavy atom. The molecule has 18 heavy (non-hydrogen) atoms. The number of hydrogen-bond acceptors (Lipinski definition) is 3. The van der Waals surface area contributed by atoms with E-state index < -0.39 is 17.7 Å². The van der Waals surface area contributed by atoms with Gasteiger partial charge < -0.3 is 5.11 Å². The zero-order chi connectivity index (χ0) is 13.1. The molecule has 1 aliphatic heterocycles. The van der Waals surface area contributed by atoms with Gasteiger partial charge in [-0.3, -0.25) is 4.90 Å². The maximum absolute atomic E-state index is 13.1. The average Bonchev–Trinajstić information content (AvgIpc) is 2.27. The summed E-state index contributed by atoms with van der Waals surface area (Å²) in [6.07, 6.45) is -0.312. The van der Waals surface area contributed by atoms with E-state index in [4.69, 9.17) is 0 Å². The summed E-state index contributed by atoms with van der Waals surface area (Å²) in [5, 5.41) is 10.2. The van der Waals surface area contributed by atoms with Crippen LogP contribution in [0.25, 0.3) is 0 Å². The molecule has 2 unspecified atom stereocenters. The van der Waals surface area contributed by atoms with Crippen LogP contribution in [-0.2, 0) is 6.42 Å². The Balaban J connectivity index is 2.03. The number of rotatable bonds is 3. The number of nitrogens with zero attached hydrogens (tertiary/aromatic N) is 1. The molecule has 0 spiro atoms. The highest BCUT2D eigenvalue weighted by atomic mass is 32.2. The molecule has 2 nitrogen and oxygen atoms in total. The standard InChI is InChI=1S/C13H17F2NOS/c1-16-2-3-18-8-12(16)13(17)6-9-4-10(14)7-11(15)5-9/h4-5,7,12-13,17H,2-3,6,8H2,1H3. The van der Waals surface area contributed by atoms with Crippen LogP contribution >= 0.6 is 11.8 Å². The maximum atomic E-state index is 13.1. The Morgan fingerprint density at radius 1 is 1.39 bits per heavy atom. The van der Waals surface area contributed by atoms with Crippen LogP contribution < -0.4 is 0 Å². The topological polar surface area (TPSA) is 23.5 Å². The van der Waals surface area contributed by atoms with E-state index in [0.717, 1.165) is 24.1 Å². The van der Waals surface area contributed by atoms with Gasteiger partial charge in [-0.15, -0.1) is 0 Å². The predicted octanol–water partition coefficient (Wildman–Crippen LogP) is 1.92. The number of aliphatic hydroxyl groups excluding tert-OH is 1. The van der Waals surface area contributed by atoms with Crippen LogP contribution in [0.1, 0.15) is 5.56 Å². The van der Waals surface area contributed by atoms with Gasteiger partial charge >= 0.3 is 0 Å². The summed E-state index contributed by atoms with van der Waals surface area (Å²) >= 11 is 1.80. The molecule has 0 aliphatic carbocycles. The zero-order valence-corrected chi connectivity index (χ0v) is 11.1. The first-order valence-corrected chi connectivity index (χ1v) is 7.13. The molecule has 1 aromatic rings. The van der Waals surface area contributed by atoms with Crippen molar-refractivity contribution in [2.45, 2.75) is 18.6 Å². The van der Waals surface area contributed by atoms with Crippen molar-refractivity contribution in [3.05, 3.63) is 35.4 Å². The first-order valence-electron chi connectivity index (χ1n) is 5.97. The molecule has 100 valence electrons. The van der Waals surface area contributed by atoms with E-state index in [2.05, 4.69) is 4.90 Å². The van der Waals surface area contributed by atoms with Gasteiger partial charge in [-0.05, 0) is 24.7 Å². The second kappa shape index (κ2) is 5.99. The summed E-state index contributed by atoms with van der Waals surface area (Å²) in [6, 6.07) is 3.46. The van der Waals surface area contributed by atoms with Crippen LogP contribution in [-0.4, -0.2) is 47.3 Å². The maximum Gasteiger partial charge on any atom is 0.126 e. The molecule has 0 bridgehead atoms. The van der Waals surface area contributed by atoms with Gasteiger partial charge in [0.1, 0.15) is 11.6 Å². The number of aliphatic hydroxyl groups is 1. The fourth-order valence-corrected chi connectivity index (χ4v) is 3.52. The molecule has 0 amide bonds. The summed E-state index contributed by atoms with van der Waals surface area (Å²) in [7, 11) is 1.97. The third-order valence-corrected chi connectivity index (χ3v) is 4.30. The van der Waals surface area contributed by atoms with Crippen LogP contribution in [0.2, 0.25) is 0 Å². The van der Waals surface area contributed by atoms with Gasteiger partial charge in [0.2, 0.25) is 0 Å². The smallest absolute Gasteiger partial charge is 0.126 e. The minimum atomic E-state index is -0.594. The van der Waals surface area contributed by atoms with E-state index in [1.54, 1.807) is 11.8 Å². The van der Waals surface area contributed by atoms with Gasteiger partial charge in [-0.25, -0.2) is 8.78 Å². The molecule has 5 heteroatoms. The summed E-state index contributed by atoms with van der Waals surface area (Å²) in [4.78, 5) is 2.11. The van der Waals surface area contributed by atoms with Crippen molar-refractivity contribution in [1.29, 1.82) is 0 Å². The minimum Gasteiger partial charge on any atom is -0.391 e. The minimum absolute atomic E-state index is 0.0510. The van der Waals surface area contributed by atoms with Gasteiger partial charge in [0.25, 0.3) is 0 Å². The Labute approximate surface area is 110 Å². The highest BCUT2D eigenvalue weighted by Gasteiger charge is 2.26. The summed E-state index contributed by atoms with van der Waals surface area (Å²) in [5.41, 5.74) is 0.504. The van der Waals surface area contributed by atoms with Gasteiger partial charge in [0.05, 0.1) is 6.10 Å². The molecule has 2 atom stereocenters. The normalized spacial score (nSPS) is 23.0. The molecule has 1 aromatic carbocycles. The molecule has 1 heterocycles. The van der Waals surface area contributed by atoms with Crippen LogP contribution in [0.3, 0.4) is 0 Å². The molecule has 0 radical (unpaired) electrons. The van der Waals surface area contributed by atoms with Gasteiger partial charge in [0.15, 0.2) is 0 Å². The van der Waals surface area contributed by atoms with E-state index in [0.29, 0.717) is 5.56 Å². The van der Waals surface area contributed by atoms with E-state index in [-0.39, 0.29) is 12.5 Å². The second-order valence-electron chi connectivity index (χ2n) is 4.67. The molecule has 1 saturated heterocycles. The zero-order valence-electron chi connectivity index (χ0n) is 10.3. The lowest BCUT2D eigenvalue weighted by Gasteiger charge is -2.35. The van der Waals surface area contributed by atoms with Crippen molar-refractivity contribution in [1.82, 2.24) is 4.90 Å². The molecule has 1 N–H and O–H groups in total. The summed E-state index contributed by atoms with van der Waals surface area (Å²) < 4.78 is 26.1. The first-order chi connectivity index (χ1) is 8.56. The number of likely N-dealkylation sites (N-methyl/N-ethyl adjacent to an activating group) is 1. The Morgan fingerprint density at radius 2 is 2.06 bits per heavy atom. The number of halogens is 2. The summed E-state index contributed by atoms with van der Waals surface area (Å²) in [6.45, 7) is 0.934. The van der Waals surface area contributed by atoms with Gasteiger partial charge in [-0.2, -0.15) is 11.8 Å². The molecule has 1 aliphatic rings. The van der Waals surface area contributed by atoms with Crippen molar-refractivity contribution >= 4 is 11.8 Å². The number of thioether (sulfide) groups is 1. The van der Waals surface area contributed by atoms with Crippen molar-refractivity contribution in [3.8, 4) is 0 Å². The number of hydrogen-bond donors (Lipinski definition) is 1. The third kappa shape index (κ3) is 3.43. The van der Waals surface area contributed by atoms with Gasteiger partial charge in [-0.1, -0.05) is 0 Å². The lowest BCUT2D eigenvalue weighted by atomic mass is 10.0. The molecular formula is C13H17F2NOS. The molecule has 0 aromatic heterocycles. The Bertz CT molecular complexity index is 396. The second-order valence-corrected chi connectivity index (χ2v) is 5.82. The van der Waals surface area contributed by atoms with Crippen LogP contribution in [0.4, 0.5) is 8.78 Å². The lowest BCUT2D eigenvalue weighted by Crippen LogP contribution is -2.47. The molecular weight excluding hydrogens is 256 g/mol. The van der Waals surface area contributed by atoms with E-state index in [1.165, 1.54) is 12.1 Å². The predicted molar refractivity (Wildman–Crippen MR) is 69.8 cm³/mol. The lowest BCUT2D eigenvalue weighted by molar-refractivity contribution is 0.0762. The average molecular weight is 273 g/mol. The van der Waals surface area contributed by atoms with Crippen molar-refractivity contribution in [2.75, 3.05) is 25.1 Å². The Kier molecular flexibility index (Phi) is 4.59. The number of benzene rings is 1.